The fourth-order valence-electron chi connectivity index (χ4n) is 2.87. The van der Waals surface area contributed by atoms with Crippen molar-refractivity contribution >= 4 is 0 Å². The van der Waals surface area contributed by atoms with E-state index in [1.807, 2.05) is 13.0 Å². The van der Waals surface area contributed by atoms with Crippen molar-refractivity contribution < 1.29 is 4.74 Å². The van der Waals surface area contributed by atoms with E-state index in [2.05, 4.69) is 28.7 Å². The van der Waals surface area contributed by atoms with E-state index in [1.165, 1.54) is 32.1 Å². The van der Waals surface area contributed by atoms with Gasteiger partial charge in [-0.2, -0.15) is 0 Å². The molecule has 1 saturated carbocycles. The normalized spacial score (nSPS) is 21.9. The Labute approximate surface area is 122 Å². The number of hydrogen-bond acceptors (Lipinski definition) is 3. The minimum Gasteiger partial charge on any atom is -0.464 e. The molecule has 2 rings (SSSR count). The van der Waals surface area contributed by atoms with Gasteiger partial charge in [-0.15, -0.1) is 5.92 Å². The van der Waals surface area contributed by atoms with Crippen LogP contribution in [0.25, 0.3) is 0 Å². The second-order valence-corrected chi connectivity index (χ2v) is 5.41. The van der Waals surface area contributed by atoms with Crippen molar-refractivity contribution in [2.24, 2.45) is 5.92 Å². The monoisotopic (exact) mass is 272 g/mol. The molecule has 0 aromatic carbocycles. The van der Waals surface area contributed by atoms with E-state index >= 15 is 0 Å². The number of ether oxygens (including phenoxy) is 1. The summed E-state index contributed by atoms with van der Waals surface area (Å²) in [5.41, 5.74) is 1.14. The second kappa shape index (κ2) is 7.89. The zero-order valence-electron chi connectivity index (χ0n) is 12.6. The summed E-state index contributed by atoms with van der Waals surface area (Å²) in [7, 11) is 0. The van der Waals surface area contributed by atoms with Crippen molar-refractivity contribution in [1.82, 2.24) is 9.97 Å². The molecular formula is C17H24N2O. The highest BCUT2D eigenvalue weighted by molar-refractivity contribution is 5.18. The Morgan fingerprint density at radius 3 is 2.95 bits per heavy atom. The van der Waals surface area contributed by atoms with Crippen LogP contribution < -0.4 is 4.74 Å². The van der Waals surface area contributed by atoms with Gasteiger partial charge in [0.2, 0.25) is 5.88 Å². The number of rotatable bonds is 4. The predicted molar refractivity (Wildman–Crippen MR) is 80.6 cm³/mol. The summed E-state index contributed by atoms with van der Waals surface area (Å²) in [4.78, 5) is 8.62. The zero-order valence-corrected chi connectivity index (χ0v) is 12.6. The quantitative estimate of drug-likeness (QED) is 0.778. The highest BCUT2D eigenvalue weighted by atomic mass is 16.5. The van der Waals surface area contributed by atoms with Gasteiger partial charge in [0, 0.05) is 18.4 Å². The molecule has 2 atom stereocenters. The van der Waals surface area contributed by atoms with Gasteiger partial charge < -0.3 is 4.74 Å². The molecule has 2 unspecified atom stereocenters. The minimum atomic E-state index is 0.409. The first-order valence-electron chi connectivity index (χ1n) is 7.73. The van der Waals surface area contributed by atoms with Crippen LogP contribution in [0.2, 0.25) is 0 Å². The molecule has 1 aromatic rings. The van der Waals surface area contributed by atoms with E-state index in [9.17, 15) is 0 Å². The lowest BCUT2D eigenvalue weighted by Gasteiger charge is -2.28. The summed E-state index contributed by atoms with van der Waals surface area (Å²) in [6.07, 6.45) is 8.93. The third-order valence-electron chi connectivity index (χ3n) is 4.04. The summed E-state index contributed by atoms with van der Waals surface area (Å²) in [6, 6.07) is 2.00. The van der Waals surface area contributed by atoms with Crippen LogP contribution >= 0.6 is 0 Å². The zero-order chi connectivity index (χ0) is 14.2. The van der Waals surface area contributed by atoms with Crippen molar-refractivity contribution in [3.05, 3.63) is 18.1 Å². The average Bonchev–Trinajstić information content (AvgIpc) is 2.52. The lowest BCUT2D eigenvalue weighted by Crippen LogP contribution is -2.15. The maximum Gasteiger partial charge on any atom is 0.217 e. The molecule has 1 fully saturated rings. The topological polar surface area (TPSA) is 35.0 Å². The number of hydrogen-bond donors (Lipinski definition) is 0. The molecule has 0 amide bonds. The Balaban J connectivity index is 1.98. The fraction of sp³-hybridized carbons (Fsp3) is 0.647. The SMILES string of the molecule is CCC#CCOc1cc(C2CCCC(CC)C2)ncn1. The Bertz CT molecular complexity index is 475. The van der Waals surface area contributed by atoms with E-state index < -0.39 is 0 Å². The maximum absolute atomic E-state index is 5.57. The largest absolute Gasteiger partial charge is 0.464 e. The molecule has 1 heterocycles. The first kappa shape index (κ1) is 14.8. The fourth-order valence-corrected chi connectivity index (χ4v) is 2.87. The molecular weight excluding hydrogens is 248 g/mol. The van der Waals surface area contributed by atoms with Crippen molar-refractivity contribution in [3.8, 4) is 17.7 Å². The first-order chi connectivity index (χ1) is 9.83. The Morgan fingerprint density at radius 1 is 1.25 bits per heavy atom. The Kier molecular flexibility index (Phi) is 5.86. The smallest absolute Gasteiger partial charge is 0.217 e. The molecule has 0 bridgehead atoms. The number of nitrogens with zero attached hydrogens (tertiary/aromatic N) is 2. The maximum atomic E-state index is 5.57. The minimum absolute atomic E-state index is 0.409. The summed E-state index contributed by atoms with van der Waals surface area (Å²) in [5.74, 6) is 8.03. The van der Waals surface area contributed by atoms with Crippen LogP contribution in [-0.4, -0.2) is 16.6 Å². The van der Waals surface area contributed by atoms with Crippen LogP contribution in [0.3, 0.4) is 0 Å². The van der Waals surface area contributed by atoms with Crippen LogP contribution in [0.1, 0.15) is 64.0 Å². The van der Waals surface area contributed by atoms with Crippen LogP contribution in [0.4, 0.5) is 0 Å². The van der Waals surface area contributed by atoms with E-state index in [-0.39, 0.29) is 0 Å². The molecule has 0 saturated heterocycles. The van der Waals surface area contributed by atoms with Crippen LogP contribution in [0.15, 0.2) is 12.4 Å². The molecule has 108 valence electrons. The molecule has 1 aliphatic rings. The van der Waals surface area contributed by atoms with Crippen molar-refractivity contribution in [2.45, 2.75) is 58.3 Å². The highest BCUT2D eigenvalue weighted by Gasteiger charge is 2.23. The average molecular weight is 272 g/mol. The van der Waals surface area contributed by atoms with Gasteiger partial charge in [-0.3, -0.25) is 0 Å². The van der Waals surface area contributed by atoms with E-state index in [0.29, 0.717) is 18.4 Å². The molecule has 1 aliphatic carbocycles. The third kappa shape index (κ3) is 4.23. The first-order valence-corrected chi connectivity index (χ1v) is 7.73. The molecule has 3 nitrogen and oxygen atoms in total. The van der Waals surface area contributed by atoms with Crippen LogP contribution in [0, 0.1) is 17.8 Å². The van der Waals surface area contributed by atoms with Gasteiger partial charge in [0.15, 0.2) is 6.61 Å². The Hall–Kier alpha value is -1.56. The lowest BCUT2D eigenvalue weighted by atomic mass is 9.79. The highest BCUT2D eigenvalue weighted by Crippen LogP contribution is 2.37. The van der Waals surface area contributed by atoms with Crippen molar-refractivity contribution in [1.29, 1.82) is 0 Å². The van der Waals surface area contributed by atoms with Gasteiger partial charge in [-0.1, -0.05) is 39.0 Å². The van der Waals surface area contributed by atoms with Gasteiger partial charge in [-0.05, 0) is 18.8 Å². The summed E-state index contributed by atoms with van der Waals surface area (Å²) in [6.45, 7) is 4.73. The summed E-state index contributed by atoms with van der Waals surface area (Å²) in [5, 5.41) is 0. The second-order valence-electron chi connectivity index (χ2n) is 5.41. The molecule has 3 heteroatoms. The van der Waals surface area contributed by atoms with Gasteiger partial charge >= 0.3 is 0 Å². The van der Waals surface area contributed by atoms with Crippen molar-refractivity contribution in [2.75, 3.05) is 6.61 Å². The van der Waals surface area contributed by atoms with Crippen molar-refractivity contribution in [3.63, 3.8) is 0 Å². The number of aromatic nitrogens is 2. The van der Waals surface area contributed by atoms with Crippen LogP contribution in [0.5, 0.6) is 5.88 Å². The molecule has 0 spiro atoms. The summed E-state index contributed by atoms with van der Waals surface area (Å²) >= 11 is 0. The molecule has 20 heavy (non-hydrogen) atoms. The lowest BCUT2D eigenvalue weighted by molar-refractivity contribution is 0.308. The molecule has 1 aromatic heterocycles. The predicted octanol–water partition coefficient (Wildman–Crippen LogP) is 3.95. The van der Waals surface area contributed by atoms with Gasteiger partial charge in [0.25, 0.3) is 0 Å². The standard InChI is InChI=1S/C17H24N2O/c1-3-5-6-10-20-17-12-16(18-13-19-17)15-9-7-8-14(4-2)11-15/h12-15H,3-4,7-11H2,1-2H3. The van der Waals surface area contributed by atoms with E-state index in [0.717, 1.165) is 18.0 Å². The van der Waals surface area contributed by atoms with Crippen LogP contribution in [-0.2, 0) is 0 Å². The van der Waals surface area contributed by atoms with Gasteiger partial charge in [0.05, 0.1) is 5.69 Å². The van der Waals surface area contributed by atoms with Gasteiger partial charge in [-0.25, -0.2) is 9.97 Å². The molecule has 0 N–H and O–H groups in total. The molecule has 0 aliphatic heterocycles. The summed E-state index contributed by atoms with van der Waals surface area (Å²) < 4.78 is 5.57. The third-order valence-corrected chi connectivity index (χ3v) is 4.04. The van der Waals surface area contributed by atoms with E-state index in [4.69, 9.17) is 4.74 Å². The Morgan fingerprint density at radius 2 is 2.15 bits per heavy atom. The van der Waals surface area contributed by atoms with E-state index in [1.54, 1.807) is 6.33 Å². The molecule has 0 radical (unpaired) electrons. The van der Waals surface area contributed by atoms with Gasteiger partial charge in [0.1, 0.15) is 6.33 Å².